The molecule has 0 aliphatic carbocycles. The molecule has 7 heteroatoms. The molecule has 3 aromatic rings. The van der Waals surface area contributed by atoms with E-state index in [1.165, 1.54) is 6.07 Å². The molecule has 0 radical (unpaired) electrons. The van der Waals surface area contributed by atoms with E-state index in [1.807, 2.05) is 13.0 Å². The Hall–Kier alpha value is -3.17. The summed E-state index contributed by atoms with van der Waals surface area (Å²) in [7, 11) is 0. The summed E-state index contributed by atoms with van der Waals surface area (Å²) in [5, 5.41) is 16.4. The Bertz CT molecular complexity index is 1070. The molecule has 1 aromatic heterocycles. The highest BCUT2D eigenvalue weighted by Crippen LogP contribution is 2.17. The zero-order valence-electron chi connectivity index (χ0n) is 13.3. The Morgan fingerprint density at radius 2 is 2.00 bits per heavy atom. The number of aromatic nitrogens is 2. The van der Waals surface area contributed by atoms with Gasteiger partial charge in [0.2, 0.25) is 5.43 Å². The molecule has 3 rings (SSSR count). The summed E-state index contributed by atoms with van der Waals surface area (Å²) in [4.78, 5) is 25.1. The number of carbonyl (C=O) groups is 1. The molecule has 0 aliphatic rings. The van der Waals surface area contributed by atoms with Crippen molar-refractivity contribution >= 4 is 34.1 Å². The van der Waals surface area contributed by atoms with Gasteiger partial charge in [0.1, 0.15) is 0 Å². The maximum Gasteiger partial charge on any atom is 0.280 e. The second kappa shape index (κ2) is 6.75. The number of hydrogen-bond donors (Lipinski definition) is 1. The molecule has 124 valence electrons. The van der Waals surface area contributed by atoms with Crippen molar-refractivity contribution in [3.8, 4) is 6.07 Å². The van der Waals surface area contributed by atoms with Gasteiger partial charge in [0, 0.05) is 17.3 Å². The molecule has 25 heavy (non-hydrogen) atoms. The number of rotatable bonds is 3. The van der Waals surface area contributed by atoms with Crippen molar-refractivity contribution in [1.29, 1.82) is 5.26 Å². The van der Waals surface area contributed by atoms with Gasteiger partial charge in [0.25, 0.3) is 5.91 Å². The molecule has 0 spiro atoms. The van der Waals surface area contributed by atoms with E-state index in [4.69, 9.17) is 16.9 Å². The molecule has 0 saturated heterocycles. The number of fused-ring (bicyclic) bond motifs is 1. The lowest BCUT2D eigenvalue weighted by molar-refractivity contribution is 0.101. The molecule has 6 nitrogen and oxygen atoms in total. The van der Waals surface area contributed by atoms with Crippen LogP contribution in [0.3, 0.4) is 0 Å². The standard InChI is InChI=1S/C18H13ClN4O2/c1-2-23-15-8-5-12(19)9-14(15)17(24)16(22-23)18(25)21-13-6-3-11(10-20)4-7-13/h3-9H,2H2,1H3,(H,21,25). The minimum atomic E-state index is -0.612. The number of benzene rings is 2. The van der Waals surface area contributed by atoms with Gasteiger partial charge in [-0.25, -0.2) is 0 Å². The van der Waals surface area contributed by atoms with E-state index >= 15 is 0 Å². The normalized spacial score (nSPS) is 10.4. The molecule has 2 aromatic carbocycles. The zero-order valence-corrected chi connectivity index (χ0v) is 14.0. The number of nitriles is 1. The van der Waals surface area contributed by atoms with Gasteiger partial charge in [-0.15, -0.1) is 0 Å². The predicted octanol–water partition coefficient (Wildman–Crippen LogP) is 3.19. The topological polar surface area (TPSA) is 87.8 Å². The molecule has 1 amide bonds. The van der Waals surface area contributed by atoms with Crippen molar-refractivity contribution in [2.24, 2.45) is 0 Å². The fourth-order valence-corrected chi connectivity index (χ4v) is 2.64. The SMILES string of the molecule is CCn1nc(C(=O)Nc2ccc(C#N)cc2)c(=O)c2cc(Cl)ccc21. The third kappa shape index (κ3) is 3.23. The molecule has 0 atom stereocenters. The van der Waals surface area contributed by atoms with Gasteiger partial charge < -0.3 is 5.32 Å². The summed E-state index contributed by atoms with van der Waals surface area (Å²) in [6, 6.07) is 13.2. The van der Waals surface area contributed by atoms with Gasteiger partial charge >= 0.3 is 0 Å². The summed E-state index contributed by atoms with van der Waals surface area (Å²) in [6.45, 7) is 2.36. The number of amides is 1. The highest BCUT2D eigenvalue weighted by atomic mass is 35.5. The number of anilines is 1. The van der Waals surface area contributed by atoms with Crippen LogP contribution in [0.1, 0.15) is 23.0 Å². The van der Waals surface area contributed by atoms with Crippen molar-refractivity contribution in [3.63, 3.8) is 0 Å². The monoisotopic (exact) mass is 352 g/mol. The maximum absolute atomic E-state index is 12.6. The number of carbonyl (C=O) groups excluding carboxylic acids is 1. The molecular formula is C18H13ClN4O2. The van der Waals surface area contributed by atoms with Crippen LogP contribution in [0.25, 0.3) is 10.9 Å². The third-order valence-corrected chi connectivity index (χ3v) is 3.94. The third-order valence-electron chi connectivity index (χ3n) is 3.70. The molecular weight excluding hydrogens is 340 g/mol. The smallest absolute Gasteiger partial charge is 0.280 e. The van der Waals surface area contributed by atoms with Gasteiger partial charge in [-0.05, 0) is 49.4 Å². The van der Waals surface area contributed by atoms with Gasteiger partial charge in [0.05, 0.1) is 22.5 Å². The Morgan fingerprint density at radius 1 is 1.28 bits per heavy atom. The number of aryl methyl sites for hydroxylation is 1. The lowest BCUT2D eigenvalue weighted by atomic mass is 10.2. The quantitative estimate of drug-likeness (QED) is 0.784. The second-order valence-electron chi connectivity index (χ2n) is 5.30. The molecule has 0 fully saturated rings. The number of hydrogen-bond acceptors (Lipinski definition) is 4. The lowest BCUT2D eigenvalue weighted by Gasteiger charge is -2.10. The Kier molecular flexibility index (Phi) is 4.50. The number of halogens is 1. The Balaban J connectivity index is 2.05. The molecule has 0 bridgehead atoms. The van der Waals surface area contributed by atoms with E-state index in [-0.39, 0.29) is 5.69 Å². The van der Waals surface area contributed by atoms with Crippen LogP contribution in [0.5, 0.6) is 0 Å². The summed E-state index contributed by atoms with van der Waals surface area (Å²) in [5.74, 6) is -0.612. The van der Waals surface area contributed by atoms with Crippen LogP contribution in [0.2, 0.25) is 5.02 Å². The van der Waals surface area contributed by atoms with Gasteiger partial charge in [-0.3, -0.25) is 14.3 Å². The van der Waals surface area contributed by atoms with Gasteiger partial charge in [-0.2, -0.15) is 10.4 Å². The first-order chi connectivity index (χ1) is 12.0. The average molecular weight is 353 g/mol. The van der Waals surface area contributed by atoms with E-state index in [2.05, 4.69) is 10.4 Å². The zero-order chi connectivity index (χ0) is 18.0. The van der Waals surface area contributed by atoms with Crippen molar-refractivity contribution in [3.05, 3.63) is 69.0 Å². The van der Waals surface area contributed by atoms with Crippen LogP contribution >= 0.6 is 11.6 Å². The Morgan fingerprint density at radius 3 is 2.64 bits per heavy atom. The van der Waals surface area contributed by atoms with E-state index in [9.17, 15) is 9.59 Å². The van der Waals surface area contributed by atoms with Crippen LogP contribution in [0.4, 0.5) is 5.69 Å². The second-order valence-corrected chi connectivity index (χ2v) is 5.73. The first kappa shape index (κ1) is 16.7. The molecule has 0 aliphatic heterocycles. The van der Waals surface area contributed by atoms with Crippen LogP contribution < -0.4 is 10.7 Å². The summed E-state index contributed by atoms with van der Waals surface area (Å²) >= 11 is 5.98. The highest BCUT2D eigenvalue weighted by molar-refractivity contribution is 6.31. The first-order valence-corrected chi connectivity index (χ1v) is 7.93. The summed E-state index contributed by atoms with van der Waals surface area (Å²) in [6.07, 6.45) is 0. The van der Waals surface area contributed by atoms with Gasteiger partial charge in [0.15, 0.2) is 5.69 Å². The minimum Gasteiger partial charge on any atom is -0.320 e. The largest absolute Gasteiger partial charge is 0.320 e. The maximum atomic E-state index is 12.6. The van der Waals surface area contributed by atoms with Crippen molar-refractivity contribution in [1.82, 2.24) is 9.78 Å². The van der Waals surface area contributed by atoms with Crippen molar-refractivity contribution < 1.29 is 4.79 Å². The van der Waals surface area contributed by atoms with Crippen LogP contribution in [0, 0.1) is 11.3 Å². The van der Waals surface area contributed by atoms with E-state index < -0.39 is 11.3 Å². The minimum absolute atomic E-state index is 0.207. The van der Waals surface area contributed by atoms with Crippen molar-refractivity contribution in [2.75, 3.05) is 5.32 Å². The molecule has 0 unspecified atom stereocenters. The van der Waals surface area contributed by atoms with Crippen LogP contribution in [-0.4, -0.2) is 15.7 Å². The Labute approximate surface area is 148 Å². The average Bonchev–Trinajstić information content (AvgIpc) is 2.63. The fourth-order valence-electron chi connectivity index (χ4n) is 2.47. The van der Waals surface area contributed by atoms with Crippen molar-refractivity contribution in [2.45, 2.75) is 13.5 Å². The number of nitrogens with one attached hydrogen (secondary N) is 1. The molecule has 1 heterocycles. The highest BCUT2D eigenvalue weighted by Gasteiger charge is 2.17. The van der Waals surface area contributed by atoms with E-state index in [1.54, 1.807) is 41.1 Å². The van der Waals surface area contributed by atoms with E-state index in [0.29, 0.717) is 33.7 Å². The summed E-state index contributed by atoms with van der Waals surface area (Å²) < 4.78 is 1.58. The predicted molar refractivity (Wildman–Crippen MR) is 95.8 cm³/mol. The molecule has 0 saturated carbocycles. The van der Waals surface area contributed by atoms with Gasteiger partial charge in [-0.1, -0.05) is 11.6 Å². The first-order valence-electron chi connectivity index (χ1n) is 7.55. The van der Waals surface area contributed by atoms with E-state index in [0.717, 1.165) is 0 Å². The van der Waals surface area contributed by atoms with Crippen LogP contribution in [-0.2, 0) is 6.54 Å². The molecule has 1 N–H and O–H groups in total. The fraction of sp³-hybridized carbons (Fsp3) is 0.111. The summed E-state index contributed by atoms with van der Waals surface area (Å²) in [5.41, 5.74) is 0.880. The lowest BCUT2D eigenvalue weighted by Crippen LogP contribution is -2.27. The number of nitrogens with zero attached hydrogens (tertiary/aromatic N) is 3. The van der Waals surface area contributed by atoms with Crippen LogP contribution in [0.15, 0.2) is 47.3 Å².